The van der Waals surface area contributed by atoms with Crippen LogP contribution in [0.15, 0.2) is 27.1 Å². The van der Waals surface area contributed by atoms with Crippen molar-refractivity contribution < 1.29 is 13.9 Å². The summed E-state index contributed by atoms with van der Waals surface area (Å²) in [6.07, 6.45) is 1.62. The van der Waals surface area contributed by atoms with Crippen LogP contribution in [-0.2, 0) is 4.74 Å². The van der Waals surface area contributed by atoms with Gasteiger partial charge in [-0.2, -0.15) is 0 Å². The second kappa shape index (κ2) is 4.50. The summed E-state index contributed by atoms with van der Waals surface area (Å²) in [6, 6.07) is 2.64. The van der Waals surface area contributed by atoms with Crippen LogP contribution in [0.2, 0.25) is 0 Å². The van der Waals surface area contributed by atoms with E-state index in [-0.39, 0.29) is 11.4 Å². The van der Waals surface area contributed by atoms with Crippen molar-refractivity contribution in [1.29, 1.82) is 0 Å². The number of hydrogen-bond acceptors (Lipinski definition) is 4. The lowest BCUT2D eigenvalue weighted by Crippen LogP contribution is -1.99. The van der Waals surface area contributed by atoms with Gasteiger partial charge in [0.15, 0.2) is 5.43 Å². The van der Waals surface area contributed by atoms with Crippen LogP contribution >= 0.6 is 0 Å². The lowest BCUT2D eigenvalue weighted by molar-refractivity contribution is 0.286. The summed E-state index contributed by atoms with van der Waals surface area (Å²) in [5.41, 5.74) is -0.164. The molecule has 1 aromatic rings. The Kier molecular flexibility index (Phi) is 3.34. The van der Waals surface area contributed by atoms with Gasteiger partial charge in [0, 0.05) is 12.1 Å². The predicted molar refractivity (Wildman–Crippen MR) is 52.2 cm³/mol. The van der Waals surface area contributed by atoms with Crippen molar-refractivity contribution in [3.8, 4) is 5.95 Å². The van der Waals surface area contributed by atoms with Gasteiger partial charge in [-0.1, -0.05) is 0 Å². The van der Waals surface area contributed by atoms with Crippen molar-refractivity contribution in [1.82, 2.24) is 0 Å². The van der Waals surface area contributed by atoms with E-state index in [4.69, 9.17) is 13.9 Å². The van der Waals surface area contributed by atoms with E-state index >= 15 is 0 Å². The molecular weight excluding hydrogens is 184 g/mol. The summed E-state index contributed by atoms with van der Waals surface area (Å²) in [5, 5.41) is 0. The van der Waals surface area contributed by atoms with Crippen LogP contribution in [0, 0.1) is 0 Å². The molecule has 0 unspecified atom stereocenters. The minimum atomic E-state index is -0.164. The fraction of sp³-hybridized carbons (Fsp3) is 0.300. The average Bonchev–Trinajstić information content (AvgIpc) is 2.16. The predicted octanol–water partition coefficient (Wildman–Crippen LogP) is 1.66. The summed E-state index contributed by atoms with van der Waals surface area (Å²) in [6.45, 7) is 1.76. The molecule has 0 fully saturated rings. The normalized spacial score (nSPS) is 11.2. The van der Waals surface area contributed by atoms with Crippen molar-refractivity contribution in [2.75, 3.05) is 14.2 Å². The van der Waals surface area contributed by atoms with Crippen molar-refractivity contribution in [2.24, 2.45) is 0 Å². The van der Waals surface area contributed by atoms with Crippen LogP contribution in [0.1, 0.15) is 12.7 Å². The average molecular weight is 196 g/mol. The molecule has 1 aromatic heterocycles. The summed E-state index contributed by atoms with van der Waals surface area (Å²) in [7, 11) is 2.99. The minimum absolute atomic E-state index is 0.164. The van der Waals surface area contributed by atoms with E-state index in [1.807, 2.05) is 0 Å². The third-order valence-corrected chi connectivity index (χ3v) is 1.63. The van der Waals surface area contributed by atoms with Gasteiger partial charge in [0.1, 0.15) is 5.76 Å². The molecule has 0 saturated carbocycles. The lowest BCUT2D eigenvalue weighted by Gasteiger charge is -2.00. The fourth-order valence-electron chi connectivity index (χ4n) is 0.904. The highest BCUT2D eigenvalue weighted by Gasteiger charge is 2.00. The van der Waals surface area contributed by atoms with Gasteiger partial charge in [0.25, 0.3) is 5.95 Å². The van der Waals surface area contributed by atoms with E-state index in [0.29, 0.717) is 11.5 Å². The van der Waals surface area contributed by atoms with E-state index < -0.39 is 0 Å². The number of allylic oxidation sites excluding steroid dienone is 1. The van der Waals surface area contributed by atoms with Gasteiger partial charge in [0.05, 0.1) is 26.0 Å². The monoisotopic (exact) mass is 196 g/mol. The van der Waals surface area contributed by atoms with Crippen molar-refractivity contribution in [2.45, 2.75) is 6.92 Å². The van der Waals surface area contributed by atoms with Gasteiger partial charge >= 0.3 is 0 Å². The largest absolute Gasteiger partial charge is 0.501 e. The highest BCUT2D eigenvalue weighted by Crippen LogP contribution is 2.12. The standard InChI is InChI=1S/C10H12O4/c1-7(12-2)4-9-5-8(11)6-10(13-3)14-9/h4-6H,1-3H3. The quantitative estimate of drug-likeness (QED) is 0.690. The van der Waals surface area contributed by atoms with Crippen LogP contribution in [0.4, 0.5) is 0 Å². The maximum atomic E-state index is 11.1. The Balaban J connectivity index is 3.10. The maximum absolute atomic E-state index is 11.1. The number of hydrogen-bond donors (Lipinski definition) is 0. The van der Waals surface area contributed by atoms with Gasteiger partial charge in [-0.15, -0.1) is 0 Å². The molecule has 1 heterocycles. The van der Waals surface area contributed by atoms with Gasteiger partial charge < -0.3 is 13.9 Å². The molecule has 0 spiro atoms. The van der Waals surface area contributed by atoms with E-state index in [0.717, 1.165) is 0 Å². The van der Waals surface area contributed by atoms with Crippen molar-refractivity contribution >= 4 is 6.08 Å². The minimum Gasteiger partial charge on any atom is -0.501 e. The Morgan fingerprint density at radius 2 is 2.14 bits per heavy atom. The van der Waals surface area contributed by atoms with Crippen molar-refractivity contribution in [3.63, 3.8) is 0 Å². The second-order valence-electron chi connectivity index (χ2n) is 2.68. The van der Waals surface area contributed by atoms with Crippen LogP contribution in [0.25, 0.3) is 6.08 Å². The molecule has 0 saturated heterocycles. The SMILES string of the molecule is COC(C)=Cc1cc(=O)cc(OC)o1. The first-order chi connectivity index (χ1) is 6.65. The molecule has 0 amide bonds. The molecule has 4 heteroatoms. The second-order valence-corrected chi connectivity index (χ2v) is 2.68. The Labute approximate surface area is 81.8 Å². The van der Waals surface area contributed by atoms with Crippen LogP contribution in [-0.4, -0.2) is 14.2 Å². The number of ether oxygens (including phenoxy) is 2. The molecule has 76 valence electrons. The van der Waals surface area contributed by atoms with Crippen LogP contribution in [0.5, 0.6) is 5.95 Å². The van der Waals surface area contributed by atoms with E-state index in [9.17, 15) is 4.79 Å². The molecule has 4 nitrogen and oxygen atoms in total. The van der Waals surface area contributed by atoms with Crippen LogP contribution in [0.3, 0.4) is 0 Å². The molecule has 0 N–H and O–H groups in total. The first-order valence-corrected chi connectivity index (χ1v) is 4.07. The third kappa shape index (κ3) is 2.65. The zero-order chi connectivity index (χ0) is 10.6. The first kappa shape index (κ1) is 10.4. The Hall–Kier alpha value is -1.71. The van der Waals surface area contributed by atoms with E-state index in [2.05, 4.69) is 0 Å². The van der Waals surface area contributed by atoms with E-state index in [1.165, 1.54) is 19.2 Å². The summed E-state index contributed by atoms with van der Waals surface area (Å²) >= 11 is 0. The Morgan fingerprint density at radius 1 is 1.43 bits per heavy atom. The highest BCUT2D eigenvalue weighted by molar-refractivity contribution is 5.44. The zero-order valence-corrected chi connectivity index (χ0v) is 8.37. The number of rotatable bonds is 3. The molecule has 0 atom stereocenters. The molecule has 0 aliphatic heterocycles. The topological polar surface area (TPSA) is 48.7 Å². The van der Waals surface area contributed by atoms with Gasteiger partial charge in [0.2, 0.25) is 0 Å². The lowest BCUT2D eigenvalue weighted by atomic mass is 10.3. The van der Waals surface area contributed by atoms with Gasteiger partial charge in [-0.25, -0.2) is 0 Å². The van der Waals surface area contributed by atoms with E-state index in [1.54, 1.807) is 20.1 Å². The van der Waals surface area contributed by atoms with Gasteiger partial charge in [-0.3, -0.25) is 4.79 Å². The molecule has 0 bridgehead atoms. The fourth-order valence-corrected chi connectivity index (χ4v) is 0.904. The molecule has 0 radical (unpaired) electrons. The first-order valence-electron chi connectivity index (χ1n) is 4.07. The smallest absolute Gasteiger partial charge is 0.288 e. The summed E-state index contributed by atoms with van der Waals surface area (Å²) < 4.78 is 14.9. The zero-order valence-electron chi connectivity index (χ0n) is 8.37. The molecular formula is C10H12O4. The Bertz CT molecular complexity index is 389. The highest BCUT2D eigenvalue weighted by atomic mass is 16.6. The molecule has 0 aliphatic rings. The number of methoxy groups -OCH3 is 2. The third-order valence-electron chi connectivity index (χ3n) is 1.63. The van der Waals surface area contributed by atoms with Crippen LogP contribution < -0.4 is 10.2 Å². The van der Waals surface area contributed by atoms with Gasteiger partial charge in [-0.05, 0) is 6.92 Å². The Morgan fingerprint density at radius 3 is 2.71 bits per heavy atom. The maximum Gasteiger partial charge on any atom is 0.288 e. The molecule has 14 heavy (non-hydrogen) atoms. The molecule has 0 aliphatic carbocycles. The molecule has 1 rings (SSSR count). The summed E-state index contributed by atoms with van der Waals surface area (Å²) in [5.74, 6) is 1.25. The summed E-state index contributed by atoms with van der Waals surface area (Å²) in [4.78, 5) is 11.1. The van der Waals surface area contributed by atoms with Crippen molar-refractivity contribution in [3.05, 3.63) is 33.9 Å². The molecule has 0 aromatic carbocycles.